The van der Waals surface area contributed by atoms with Crippen LogP contribution in [0.3, 0.4) is 0 Å². The van der Waals surface area contributed by atoms with Crippen LogP contribution in [0.15, 0.2) is 66.7 Å². The number of nitrogens with zero attached hydrogens (tertiary/aromatic N) is 1. The Morgan fingerprint density at radius 3 is 2.00 bits per heavy atom. The Morgan fingerprint density at radius 2 is 1.44 bits per heavy atom. The van der Waals surface area contributed by atoms with E-state index < -0.39 is 17.8 Å². The second-order valence-corrected chi connectivity index (χ2v) is 8.37. The molecule has 0 saturated carbocycles. The summed E-state index contributed by atoms with van der Waals surface area (Å²) in [5.41, 5.74) is 1.96. The number of carboxylic acid groups (broad SMARTS) is 1. The third kappa shape index (κ3) is 3.75. The summed E-state index contributed by atoms with van der Waals surface area (Å²) in [5.74, 6) is -0.920. The zero-order valence-corrected chi connectivity index (χ0v) is 18.1. The smallest absolute Gasteiger partial charge is 0.335 e. The fourth-order valence-corrected chi connectivity index (χ4v) is 3.59. The highest BCUT2D eigenvalue weighted by atomic mass is 16.5. The van der Waals surface area contributed by atoms with Gasteiger partial charge in [0, 0.05) is 0 Å². The minimum atomic E-state index is -1.15. The number of rotatable bonds is 6. The van der Waals surface area contributed by atoms with Crippen LogP contribution in [0.2, 0.25) is 0 Å². The molecule has 0 unspecified atom stereocenters. The molecule has 3 aromatic carbocycles. The number of aromatic carboxylic acids is 1. The van der Waals surface area contributed by atoms with Gasteiger partial charge in [0.1, 0.15) is 11.5 Å². The van der Waals surface area contributed by atoms with Crippen LogP contribution in [0.1, 0.15) is 63.8 Å². The Bertz CT molecular complexity index is 1210. The monoisotopic (exact) mass is 429 g/mol. The second-order valence-electron chi connectivity index (χ2n) is 8.37. The van der Waals surface area contributed by atoms with Gasteiger partial charge in [-0.1, -0.05) is 32.9 Å². The van der Waals surface area contributed by atoms with Gasteiger partial charge in [0.15, 0.2) is 0 Å². The predicted octanol–water partition coefficient (Wildman–Crippen LogP) is 5.67. The molecule has 1 aliphatic heterocycles. The highest BCUT2D eigenvalue weighted by molar-refractivity contribution is 6.34. The van der Waals surface area contributed by atoms with Crippen LogP contribution >= 0.6 is 0 Å². The van der Waals surface area contributed by atoms with E-state index in [1.807, 2.05) is 12.1 Å². The standard InChI is InChI=1S/C26H23NO5/c1-4-26(2,3)17-6-10-19(11-7-17)32-20-12-8-18(9-13-20)27-23(28)21-14-5-16(25(30)31)15-22(21)24(27)29/h5-15H,4H2,1-3H3,(H,30,31). The molecule has 2 amide bonds. The number of hydrogen-bond donors (Lipinski definition) is 1. The summed E-state index contributed by atoms with van der Waals surface area (Å²) in [6, 6.07) is 18.5. The van der Waals surface area contributed by atoms with E-state index >= 15 is 0 Å². The van der Waals surface area contributed by atoms with Crippen molar-refractivity contribution in [2.75, 3.05) is 4.90 Å². The van der Waals surface area contributed by atoms with Gasteiger partial charge in [-0.05, 0) is 72.0 Å². The molecule has 1 heterocycles. The lowest BCUT2D eigenvalue weighted by Gasteiger charge is -2.23. The van der Waals surface area contributed by atoms with E-state index in [2.05, 4.69) is 32.9 Å². The van der Waals surface area contributed by atoms with E-state index in [0.717, 1.165) is 11.3 Å². The zero-order valence-electron chi connectivity index (χ0n) is 18.1. The molecule has 6 nitrogen and oxygen atoms in total. The van der Waals surface area contributed by atoms with Crippen LogP contribution in [-0.4, -0.2) is 22.9 Å². The van der Waals surface area contributed by atoms with Crippen molar-refractivity contribution in [3.63, 3.8) is 0 Å². The average molecular weight is 429 g/mol. The van der Waals surface area contributed by atoms with Crippen molar-refractivity contribution in [1.29, 1.82) is 0 Å². The van der Waals surface area contributed by atoms with Gasteiger partial charge in [-0.2, -0.15) is 0 Å². The maximum absolute atomic E-state index is 12.8. The van der Waals surface area contributed by atoms with Gasteiger partial charge in [-0.15, -0.1) is 0 Å². The predicted molar refractivity (Wildman–Crippen MR) is 121 cm³/mol. The highest BCUT2D eigenvalue weighted by Crippen LogP contribution is 2.32. The number of carboxylic acids is 1. The van der Waals surface area contributed by atoms with Crippen molar-refractivity contribution in [2.24, 2.45) is 0 Å². The molecular weight excluding hydrogens is 406 g/mol. The highest BCUT2D eigenvalue weighted by Gasteiger charge is 2.37. The normalized spacial score (nSPS) is 13.3. The van der Waals surface area contributed by atoms with Crippen molar-refractivity contribution in [1.82, 2.24) is 0 Å². The third-order valence-electron chi connectivity index (χ3n) is 5.98. The number of imide groups is 1. The van der Waals surface area contributed by atoms with Gasteiger partial charge in [0.2, 0.25) is 0 Å². The van der Waals surface area contributed by atoms with E-state index in [1.165, 1.54) is 23.8 Å². The number of carbonyl (C=O) groups is 3. The van der Waals surface area contributed by atoms with Crippen LogP contribution in [0.25, 0.3) is 0 Å². The van der Waals surface area contributed by atoms with E-state index in [1.54, 1.807) is 24.3 Å². The van der Waals surface area contributed by atoms with Gasteiger partial charge < -0.3 is 9.84 Å². The molecule has 4 rings (SSSR count). The first-order chi connectivity index (χ1) is 15.2. The summed E-state index contributed by atoms with van der Waals surface area (Å²) in [6.45, 7) is 6.55. The van der Waals surface area contributed by atoms with E-state index in [0.29, 0.717) is 17.2 Å². The molecule has 1 N–H and O–H groups in total. The van der Waals surface area contributed by atoms with Gasteiger partial charge in [0.05, 0.1) is 22.4 Å². The molecule has 3 aromatic rings. The Balaban J connectivity index is 1.52. The summed E-state index contributed by atoms with van der Waals surface area (Å²) in [6.07, 6.45) is 1.03. The molecule has 32 heavy (non-hydrogen) atoms. The molecule has 0 saturated heterocycles. The van der Waals surface area contributed by atoms with Crippen LogP contribution in [0.5, 0.6) is 11.5 Å². The lowest BCUT2D eigenvalue weighted by atomic mass is 9.82. The number of benzene rings is 3. The number of amides is 2. The Morgan fingerprint density at radius 1 is 0.875 bits per heavy atom. The largest absolute Gasteiger partial charge is 0.478 e. The van der Waals surface area contributed by atoms with Crippen LogP contribution in [-0.2, 0) is 5.41 Å². The van der Waals surface area contributed by atoms with E-state index in [4.69, 9.17) is 9.84 Å². The van der Waals surface area contributed by atoms with Crippen molar-refractivity contribution in [3.05, 3.63) is 89.0 Å². The number of carbonyl (C=O) groups excluding carboxylic acids is 2. The number of fused-ring (bicyclic) bond motifs is 1. The molecular formula is C26H23NO5. The Labute approximate surface area is 186 Å². The fourth-order valence-electron chi connectivity index (χ4n) is 3.59. The zero-order chi connectivity index (χ0) is 23.0. The molecule has 0 bridgehead atoms. The van der Waals surface area contributed by atoms with Crippen LogP contribution < -0.4 is 9.64 Å². The van der Waals surface area contributed by atoms with Gasteiger partial charge in [0.25, 0.3) is 11.8 Å². The molecule has 0 spiro atoms. The number of ether oxygens (including phenoxy) is 1. The molecule has 0 aromatic heterocycles. The van der Waals surface area contributed by atoms with Gasteiger partial charge in [-0.3, -0.25) is 9.59 Å². The minimum Gasteiger partial charge on any atom is -0.478 e. The molecule has 0 fully saturated rings. The molecule has 0 aliphatic carbocycles. The molecule has 0 radical (unpaired) electrons. The minimum absolute atomic E-state index is 0.0381. The van der Waals surface area contributed by atoms with Gasteiger partial charge in [-0.25, -0.2) is 9.69 Å². The summed E-state index contributed by atoms with van der Waals surface area (Å²) >= 11 is 0. The first kappa shape index (κ1) is 21.3. The summed E-state index contributed by atoms with van der Waals surface area (Å²) in [4.78, 5) is 37.7. The maximum Gasteiger partial charge on any atom is 0.335 e. The summed E-state index contributed by atoms with van der Waals surface area (Å²) in [5, 5.41) is 9.15. The summed E-state index contributed by atoms with van der Waals surface area (Å²) in [7, 11) is 0. The summed E-state index contributed by atoms with van der Waals surface area (Å²) < 4.78 is 5.90. The first-order valence-electron chi connectivity index (χ1n) is 10.4. The Hall–Kier alpha value is -3.93. The lowest BCUT2D eigenvalue weighted by Crippen LogP contribution is -2.29. The molecule has 1 aliphatic rings. The van der Waals surface area contributed by atoms with Crippen molar-refractivity contribution >= 4 is 23.5 Å². The van der Waals surface area contributed by atoms with Crippen LogP contribution in [0.4, 0.5) is 5.69 Å². The molecule has 6 heteroatoms. The molecule has 162 valence electrons. The van der Waals surface area contributed by atoms with Gasteiger partial charge >= 0.3 is 5.97 Å². The van der Waals surface area contributed by atoms with Crippen molar-refractivity contribution in [2.45, 2.75) is 32.6 Å². The first-order valence-corrected chi connectivity index (χ1v) is 10.4. The van der Waals surface area contributed by atoms with Crippen molar-refractivity contribution < 1.29 is 24.2 Å². The lowest BCUT2D eigenvalue weighted by molar-refractivity contribution is 0.0696. The SMILES string of the molecule is CCC(C)(C)c1ccc(Oc2ccc(N3C(=O)c4ccc(C(=O)O)cc4C3=O)cc2)cc1. The Kier molecular flexibility index (Phi) is 5.30. The van der Waals surface area contributed by atoms with Crippen LogP contribution in [0, 0.1) is 0 Å². The maximum atomic E-state index is 12.8. The molecule has 0 atom stereocenters. The average Bonchev–Trinajstić information content (AvgIpc) is 3.04. The number of hydrogen-bond acceptors (Lipinski definition) is 4. The quantitative estimate of drug-likeness (QED) is 0.511. The second kappa shape index (κ2) is 7.96. The van der Waals surface area contributed by atoms with E-state index in [-0.39, 0.29) is 22.1 Å². The third-order valence-corrected chi connectivity index (χ3v) is 5.98. The van der Waals surface area contributed by atoms with E-state index in [9.17, 15) is 14.4 Å². The number of anilines is 1. The van der Waals surface area contributed by atoms with Crippen molar-refractivity contribution in [3.8, 4) is 11.5 Å². The topological polar surface area (TPSA) is 83.9 Å². The fraction of sp³-hybridized carbons (Fsp3) is 0.192.